The maximum Gasteiger partial charge on any atom is 0.191 e. The number of anilines is 1. The highest BCUT2D eigenvalue weighted by Gasteiger charge is 2.29. The Kier molecular flexibility index (Phi) is 6.91. The van der Waals surface area contributed by atoms with Gasteiger partial charge < -0.3 is 20.3 Å². The van der Waals surface area contributed by atoms with Crippen molar-refractivity contribution in [1.29, 1.82) is 0 Å². The van der Waals surface area contributed by atoms with Crippen molar-refractivity contribution in [3.8, 4) is 0 Å². The average molecular weight is 332 g/mol. The molecule has 1 aromatic carbocycles. The van der Waals surface area contributed by atoms with Gasteiger partial charge in [0.2, 0.25) is 0 Å². The molecule has 24 heavy (non-hydrogen) atoms. The Morgan fingerprint density at radius 1 is 1.25 bits per heavy atom. The first kappa shape index (κ1) is 18.6. The number of nitrogens with zero attached hydrogens (tertiary/aromatic N) is 2. The smallest absolute Gasteiger partial charge is 0.191 e. The topological polar surface area (TPSA) is 48.9 Å². The predicted octanol–water partition coefficient (Wildman–Crippen LogP) is 2.42. The summed E-state index contributed by atoms with van der Waals surface area (Å²) >= 11 is 0. The molecule has 1 unspecified atom stereocenters. The van der Waals surface area contributed by atoms with E-state index in [1.165, 1.54) is 11.3 Å². The van der Waals surface area contributed by atoms with Gasteiger partial charge >= 0.3 is 0 Å². The lowest BCUT2D eigenvalue weighted by atomic mass is 10.0. The summed E-state index contributed by atoms with van der Waals surface area (Å²) in [5.41, 5.74) is 2.56. The second kappa shape index (κ2) is 8.92. The van der Waals surface area contributed by atoms with E-state index >= 15 is 0 Å². The lowest BCUT2D eigenvalue weighted by Gasteiger charge is -2.24. The van der Waals surface area contributed by atoms with Gasteiger partial charge in [-0.05, 0) is 50.3 Å². The minimum absolute atomic E-state index is 0.0498. The van der Waals surface area contributed by atoms with E-state index < -0.39 is 0 Å². The van der Waals surface area contributed by atoms with Crippen LogP contribution in [0.5, 0.6) is 0 Å². The minimum atomic E-state index is -0.0498. The Labute approximate surface area is 146 Å². The third-order valence-corrected chi connectivity index (χ3v) is 4.54. The van der Waals surface area contributed by atoms with E-state index in [2.05, 4.69) is 65.8 Å². The summed E-state index contributed by atoms with van der Waals surface area (Å²) < 4.78 is 5.80. The number of nitrogens with one attached hydrogen (secondary N) is 2. The molecule has 0 saturated carbocycles. The first-order chi connectivity index (χ1) is 11.5. The molecule has 1 aromatic rings. The maximum atomic E-state index is 5.80. The highest BCUT2D eigenvalue weighted by molar-refractivity contribution is 5.79. The zero-order valence-electron chi connectivity index (χ0n) is 15.6. The van der Waals surface area contributed by atoms with Gasteiger partial charge in [0.25, 0.3) is 0 Å². The maximum absolute atomic E-state index is 5.80. The van der Waals surface area contributed by atoms with Crippen LogP contribution in [0.1, 0.15) is 31.7 Å². The fraction of sp³-hybridized carbons (Fsp3) is 0.632. The van der Waals surface area contributed by atoms with Crippen molar-refractivity contribution in [2.24, 2.45) is 4.99 Å². The molecule has 2 rings (SSSR count). The van der Waals surface area contributed by atoms with Gasteiger partial charge in [-0.15, -0.1) is 0 Å². The lowest BCUT2D eigenvalue weighted by Crippen LogP contribution is -2.45. The summed E-state index contributed by atoms with van der Waals surface area (Å²) in [4.78, 5) is 6.41. The molecule has 1 atom stereocenters. The van der Waals surface area contributed by atoms with Crippen molar-refractivity contribution in [2.45, 2.75) is 38.2 Å². The Balaban J connectivity index is 1.66. The lowest BCUT2D eigenvalue weighted by molar-refractivity contribution is 0.0243. The van der Waals surface area contributed by atoms with Crippen LogP contribution in [-0.2, 0) is 11.2 Å². The molecule has 1 aliphatic heterocycles. The molecular formula is C19H32N4O. The standard InChI is InChI=1S/C19H32N4O/c1-19(12-6-14-24-19)15-22-18(20-2)21-13-5-7-16-8-10-17(11-9-16)23(3)4/h8-11H,5-7,12-15H2,1-4H3,(H2,20,21,22). The SMILES string of the molecule is CN=C(NCCCc1ccc(N(C)C)cc1)NCC1(C)CCCO1. The van der Waals surface area contributed by atoms with Crippen molar-refractivity contribution in [3.05, 3.63) is 29.8 Å². The van der Waals surface area contributed by atoms with Crippen LogP contribution in [0.25, 0.3) is 0 Å². The zero-order chi connectivity index (χ0) is 17.4. The molecule has 1 aliphatic rings. The van der Waals surface area contributed by atoms with Crippen molar-refractivity contribution < 1.29 is 4.74 Å². The molecule has 0 aliphatic carbocycles. The molecule has 2 N–H and O–H groups in total. The Morgan fingerprint density at radius 3 is 2.58 bits per heavy atom. The summed E-state index contributed by atoms with van der Waals surface area (Å²) in [6.07, 6.45) is 4.41. The van der Waals surface area contributed by atoms with E-state index in [1.54, 1.807) is 0 Å². The van der Waals surface area contributed by atoms with Gasteiger partial charge in [0.1, 0.15) is 0 Å². The number of hydrogen-bond acceptors (Lipinski definition) is 3. The van der Waals surface area contributed by atoms with Crippen LogP contribution in [0.2, 0.25) is 0 Å². The molecule has 0 radical (unpaired) electrons. The van der Waals surface area contributed by atoms with Crippen LogP contribution >= 0.6 is 0 Å². The molecule has 0 bridgehead atoms. The van der Waals surface area contributed by atoms with Gasteiger partial charge in [-0.3, -0.25) is 4.99 Å². The minimum Gasteiger partial charge on any atom is -0.378 e. The van der Waals surface area contributed by atoms with Gasteiger partial charge in [0.15, 0.2) is 5.96 Å². The van der Waals surface area contributed by atoms with Crippen molar-refractivity contribution in [2.75, 3.05) is 45.7 Å². The van der Waals surface area contributed by atoms with E-state index in [1.807, 2.05) is 7.05 Å². The fourth-order valence-electron chi connectivity index (χ4n) is 2.93. The van der Waals surface area contributed by atoms with E-state index in [0.29, 0.717) is 0 Å². The third-order valence-electron chi connectivity index (χ3n) is 4.54. The number of benzene rings is 1. The van der Waals surface area contributed by atoms with E-state index in [-0.39, 0.29) is 5.60 Å². The monoisotopic (exact) mass is 332 g/mol. The number of aryl methyl sites for hydroxylation is 1. The molecule has 1 heterocycles. The number of aliphatic imine (C=N–C) groups is 1. The van der Waals surface area contributed by atoms with E-state index in [0.717, 1.165) is 51.3 Å². The first-order valence-corrected chi connectivity index (χ1v) is 8.87. The Morgan fingerprint density at radius 2 is 2.00 bits per heavy atom. The molecule has 5 nitrogen and oxygen atoms in total. The van der Waals surface area contributed by atoms with Crippen LogP contribution in [-0.4, -0.2) is 52.4 Å². The highest BCUT2D eigenvalue weighted by atomic mass is 16.5. The van der Waals surface area contributed by atoms with Gasteiger partial charge in [0, 0.05) is 46.5 Å². The second-order valence-electron chi connectivity index (χ2n) is 6.92. The van der Waals surface area contributed by atoms with E-state index in [9.17, 15) is 0 Å². The predicted molar refractivity (Wildman–Crippen MR) is 102 cm³/mol. The number of ether oxygens (including phenoxy) is 1. The second-order valence-corrected chi connectivity index (χ2v) is 6.92. The summed E-state index contributed by atoms with van der Waals surface area (Å²) in [7, 11) is 5.94. The van der Waals surface area contributed by atoms with E-state index in [4.69, 9.17) is 4.74 Å². The zero-order valence-corrected chi connectivity index (χ0v) is 15.6. The van der Waals surface area contributed by atoms with Gasteiger partial charge in [-0.2, -0.15) is 0 Å². The Hall–Kier alpha value is -1.75. The van der Waals surface area contributed by atoms with Crippen LogP contribution in [0.15, 0.2) is 29.3 Å². The molecule has 0 amide bonds. The van der Waals surface area contributed by atoms with Gasteiger partial charge in [-0.1, -0.05) is 12.1 Å². The largest absolute Gasteiger partial charge is 0.378 e. The quantitative estimate of drug-likeness (QED) is 0.457. The number of guanidine groups is 1. The molecule has 1 fully saturated rings. The molecule has 0 spiro atoms. The van der Waals surface area contributed by atoms with Crippen LogP contribution in [0.4, 0.5) is 5.69 Å². The summed E-state index contributed by atoms with van der Waals surface area (Å²) in [6, 6.07) is 8.76. The summed E-state index contributed by atoms with van der Waals surface area (Å²) in [5, 5.41) is 6.76. The summed E-state index contributed by atoms with van der Waals surface area (Å²) in [5.74, 6) is 0.856. The number of rotatable bonds is 7. The van der Waals surface area contributed by atoms with Crippen LogP contribution in [0.3, 0.4) is 0 Å². The highest BCUT2D eigenvalue weighted by Crippen LogP contribution is 2.23. The van der Waals surface area contributed by atoms with Crippen molar-refractivity contribution in [3.63, 3.8) is 0 Å². The van der Waals surface area contributed by atoms with Crippen molar-refractivity contribution >= 4 is 11.6 Å². The molecule has 5 heteroatoms. The molecular weight excluding hydrogens is 300 g/mol. The molecule has 0 aromatic heterocycles. The van der Waals surface area contributed by atoms with Crippen LogP contribution in [0, 0.1) is 0 Å². The molecule has 1 saturated heterocycles. The Bertz CT molecular complexity index is 519. The summed E-state index contributed by atoms with van der Waals surface area (Å²) in [6.45, 7) is 4.75. The number of hydrogen-bond donors (Lipinski definition) is 2. The average Bonchev–Trinajstić information content (AvgIpc) is 3.01. The van der Waals surface area contributed by atoms with Gasteiger partial charge in [-0.25, -0.2) is 0 Å². The normalized spacial score (nSPS) is 20.9. The van der Waals surface area contributed by atoms with Crippen molar-refractivity contribution in [1.82, 2.24) is 10.6 Å². The van der Waals surface area contributed by atoms with Gasteiger partial charge in [0.05, 0.1) is 5.60 Å². The fourth-order valence-corrected chi connectivity index (χ4v) is 2.93. The molecule has 134 valence electrons. The van der Waals surface area contributed by atoms with Crippen LogP contribution < -0.4 is 15.5 Å². The third kappa shape index (κ3) is 5.71. The first-order valence-electron chi connectivity index (χ1n) is 8.87.